The van der Waals surface area contributed by atoms with E-state index in [9.17, 15) is 10.2 Å². The SMILES string of the molecule is COc1c(CCO)c(C(C)(C)C)nn1-c1cccc(O)c1. The van der Waals surface area contributed by atoms with E-state index in [-0.39, 0.29) is 17.8 Å². The fraction of sp³-hybridized carbons (Fsp3) is 0.438. The average molecular weight is 290 g/mol. The molecular formula is C16H22N2O3. The third-order valence-corrected chi connectivity index (χ3v) is 3.28. The topological polar surface area (TPSA) is 67.5 Å². The number of hydrogen-bond donors (Lipinski definition) is 2. The average Bonchev–Trinajstić information content (AvgIpc) is 2.77. The largest absolute Gasteiger partial charge is 0.508 e. The Morgan fingerprint density at radius 2 is 2.00 bits per heavy atom. The molecule has 5 nitrogen and oxygen atoms in total. The van der Waals surface area contributed by atoms with Crippen LogP contribution < -0.4 is 4.74 Å². The third-order valence-electron chi connectivity index (χ3n) is 3.28. The van der Waals surface area contributed by atoms with Crippen LogP contribution in [0.25, 0.3) is 5.69 Å². The molecule has 2 aromatic rings. The Morgan fingerprint density at radius 1 is 1.29 bits per heavy atom. The summed E-state index contributed by atoms with van der Waals surface area (Å²) < 4.78 is 7.18. The van der Waals surface area contributed by atoms with E-state index in [0.29, 0.717) is 12.3 Å². The first-order valence-electron chi connectivity index (χ1n) is 6.95. The second-order valence-corrected chi connectivity index (χ2v) is 5.99. The van der Waals surface area contributed by atoms with Gasteiger partial charge in [0.1, 0.15) is 5.75 Å². The summed E-state index contributed by atoms with van der Waals surface area (Å²) in [6.07, 6.45) is 0.481. The monoisotopic (exact) mass is 290 g/mol. The fourth-order valence-electron chi connectivity index (χ4n) is 2.38. The lowest BCUT2D eigenvalue weighted by Crippen LogP contribution is -2.15. The van der Waals surface area contributed by atoms with E-state index in [4.69, 9.17) is 4.74 Å². The minimum atomic E-state index is -0.167. The number of benzene rings is 1. The van der Waals surface area contributed by atoms with Crippen LogP contribution in [-0.4, -0.2) is 33.7 Å². The van der Waals surface area contributed by atoms with Crippen molar-refractivity contribution in [1.29, 1.82) is 0 Å². The number of phenols is 1. The van der Waals surface area contributed by atoms with E-state index in [2.05, 4.69) is 25.9 Å². The summed E-state index contributed by atoms with van der Waals surface area (Å²) in [5.41, 5.74) is 2.34. The highest BCUT2D eigenvalue weighted by Gasteiger charge is 2.27. The van der Waals surface area contributed by atoms with E-state index in [1.165, 1.54) is 0 Å². The van der Waals surface area contributed by atoms with Crippen LogP contribution in [0, 0.1) is 0 Å². The normalized spacial score (nSPS) is 11.7. The van der Waals surface area contributed by atoms with Gasteiger partial charge in [0.2, 0.25) is 5.88 Å². The predicted octanol–water partition coefficient (Wildman–Crippen LogP) is 2.42. The van der Waals surface area contributed by atoms with E-state index in [1.54, 1.807) is 30.0 Å². The summed E-state index contributed by atoms with van der Waals surface area (Å²) in [6.45, 7) is 6.25. The van der Waals surface area contributed by atoms with Gasteiger partial charge in [-0.15, -0.1) is 0 Å². The van der Waals surface area contributed by atoms with Crippen molar-refractivity contribution in [2.45, 2.75) is 32.6 Å². The lowest BCUT2D eigenvalue weighted by Gasteiger charge is -2.17. The number of aliphatic hydroxyl groups is 1. The maximum absolute atomic E-state index is 9.66. The summed E-state index contributed by atoms with van der Waals surface area (Å²) in [5.74, 6) is 0.769. The van der Waals surface area contributed by atoms with Crippen LogP contribution in [0.3, 0.4) is 0 Å². The molecule has 0 atom stereocenters. The number of nitrogens with zero attached hydrogens (tertiary/aromatic N) is 2. The van der Waals surface area contributed by atoms with Crippen LogP contribution in [0.1, 0.15) is 32.0 Å². The Bertz CT molecular complexity index is 627. The first kappa shape index (κ1) is 15.4. The van der Waals surface area contributed by atoms with Gasteiger partial charge in [0.15, 0.2) is 0 Å². The number of phenolic OH excluding ortho intramolecular Hbond substituents is 1. The smallest absolute Gasteiger partial charge is 0.220 e. The lowest BCUT2D eigenvalue weighted by molar-refractivity contribution is 0.295. The molecule has 0 aliphatic heterocycles. The molecule has 0 saturated heterocycles. The Morgan fingerprint density at radius 3 is 2.52 bits per heavy atom. The highest BCUT2D eigenvalue weighted by Crippen LogP contribution is 2.34. The zero-order valence-corrected chi connectivity index (χ0v) is 12.9. The zero-order chi connectivity index (χ0) is 15.6. The van der Waals surface area contributed by atoms with E-state index in [0.717, 1.165) is 16.9 Å². The molecule has 2 rings (SSSR count). The van der Waals surface area contributed by atoms with Crippen molar-refractivity contribution in [2.24, 2.45) is 0 Å². The van der Waals surface area contributed by atoms with Gasteiger partial charge in [-0.05, 0) is 12.1 Å². The summed E-state index contributed by atoms with van der Waals surface area (Å²) >= 11 is 0. The van der Waals surface area contributed by atoms with Crippen LogP contribution in [0.15, 0.2) is 24.3 Å². The molecule has 0 amide bonds. The second-order valence-electron chi connectivity index (χ2n) is 5.99. The minimum absolute atomic E-state index is 0.0329. The zero-order valence-electron chi connectivity index (χ0n) is 12.9. The molecule has 2 N–H and O–H groups in total. The standard InChI is InChI=1S/C16H22N2O3/c1-16(2,3)14-13(8-9-19)15(21-4)18(17-14)11-6-5-7-12(20)10-11/h5-7,10,19-20H,8-9H2,1-4H3. The van der Waals surface area contributed by atoms with Crippen molar-refractivity contribution >= 4 is 0 Å². The fourth-order valence-corrected chi connectivity index (χ4v) is 2.38. The van der Waals surface area contributed by atoms with Gasteiger partial charge in [-0.25, -0.2) is 4.68 Å². The van der Waals surface area contributed by atoms with Crippen LogP contribution >= 0.6 is 0 Å². The van der Waals surface area contributed by atoms with Gasteiger partial charge in [-0.3, -0.25) is 0 Å². The van der Waals surface area contributed by atoms with Crippen molar-refractivity contribution in [3.63, 3.8) is 0 Å². The van der Waals surface area contributed by atoms with Crippen molar-refractivity contribution in [3.05, 3.63) is 35.5 Å². The molecule has 0 unspecified atom stereocenters. The van der Waals surface area contributed by atoms with Gasteiger partial charge in [0.05, 0.1) is 18.5 Å². The Balaban J connectivity index is 2.66. The van der Waals surface area contributed by atoms with E-state index >= 15 is 0 Å². The van der Waals surface area contributed by atoms with Gasteiger partial charge >= 0.3 is 0 Å². The quantitative estimate of drug-likeness (QED) is 0.907. The number of aliphatic hydroxyl groups excluding tert-OH is 1. The summed E-state index contributed by atoms with van der Waals surface area (Å²) in [4.78, 5) is 0. The highest BCUT2D eigenvalue weighted by molar-refractivity contribution is 5.45. The molecular weight excluding hydrogens is 268 g/mol. The third kappa shape index (κ3) is 3.03. The number of methoxy groups -OCH3 is 1. The number of aromatic nitrogens is 2. The van der Waals surface area contributed by atoms with Gasteiger partial charge in [0, 0.05) is 30.1 Å². The van der Waals surface area contributed by atoms with Crippen molar-refractivity contribution < 1.29 is 14.9 Å². The first-order chi connectivity index (χ1) is 9.88. The first-order valence-corrected chi connectivity index (χ1v) is 6.95. The molecule has 0 saturated carbocycles. The number of rotatable bonds is 4. The molecule has 1 aromatic heterocycles. The number of aromatic hydroxyl groups is 1. The van der Waals surface area contributed by atoms with E-state index in [1.807, 2.05) is 6.07 Å². The van der Waals surface area contributed by atoms with Crippen molar-refractivity contribution in [1.82, 2.24) is 9.78 Å². The Kier molecular flexibility index (Phi) is 4.23. The van der Waals surface area contributed by atoms with Crippen LogP contribution in [0.5, 0.6) is 11.6 Å². The maximum atomic E-state index is 9.66. The van der Waals surface area contributed by atoms with Gasteiger partial charge in [0.25, 0.3) is 0 Å². The van der Waals surface area contributed by atoms with Gasteiger partial charge < -0.3 is 14.9 Å². The summed E-state index contributed by atoms with van der Waals surface area (Å²) in [6, 6.07) is 6.85. The van der Waals surface area contributed by atoms with Crippen LogP contribution in [0.2, 0.25) is 0 Å². The summed E-state index contributed by atoms with van der Waals surface area (Å²) in [7, 11) is 1.59. The molecule has 5 heteroatoms. The number of ether oxygens (including phenoxy) is 1. The Hall–Kier alpha value is -2.01. The minimum Gasteiger partial charge on any atom is -0.508 e. The molecule has 0 bridgehead atoms. The Labute approximate surface area is 124 Å². The van der Waals surface area contributed by atoms with E-state index < -0.39 is 0 Å². The molecule has 21 heavy (non-hydrogen) atoms. The van der Waals surface area contributed by atoms with Gasteiger partial charge in [-0.2, -0.15) is 5.10 Å². The highest BCUT2D eigenvalue weighted by atomic mass is 16.5. The van der Waals surface area contributed by atoms with Gasteiger partial charge in [-0.1, -0.05) is 26.8 Å². The number of hydrogen-bond acceptors (Lipinski definition) is 4. The molecule has 1 heterocycles. The lowest BCUT2D eigenvalue weighted by atomic mass is 9.88. The molecule has 0 aliphatic rings. The van der Waals surface area contributed by atoms with Crippen LogP contribution in [0.4, 0.5) is 0 Å². The van der Waals surface area contributed by atoms with Crippen molar-refractivity contribution in [3.8, 4) is 17.3 Å². The maximum Gasteiger partial charge on any atom is 0.220 e. The molecule has 0 fully saturated rings. The molecule has 114 valence electrons. The molecule has 0 radical (unpaired) electrons. The molecule has 0 spiro atoms. The molecule has 1 aromatic carbocycles. The second kappa shape index (κ2) is 5.77. The summed E-state index contributed by atoms with van der Waals surface area (Å²) in [5, 5.41) is 23.6. The van der Waals surface area contributed by atoms with Crippen molar-refractivity contribution in [2.75, 3.05) is 13.7 Å². The molecule has 0 aliphatic carbocycles. The van der Waals surface area contributed by atoms with Crippen LogP contribution in [-0.2, 0) is 11.8 Å². The predicted molar refractivity (Wildman–Crippen MR) is 81.3 cm³/mol.